The Bertz CT molecular complexity index is 752. The molecule has 0 aliphatic heterocycles. The third-order valence-corrected chi connectivity index (χ3v) is 3.37. The lowest BCUT2D eigenvalue weighted by Crippen LogP contribution is -2.27. The largest absolute Gasteiger partial charge is 0.444 e. The summed E-state index contributed by atoms with van der Waals surface area (Å²) in [7, 11) is 0. The van der Waals surface area contributed by atoms with E-state index in [0.717, 1.165) is 5.56 Å². The van der Waals surface area contributed by atoms with Crippen molar-refractivity contribution in [2.75, 3.05) is 5.32 Å². The summed E-state index contributed by atoms with van der Waals surface area (Å²) in [6, 6.07) is 13.9. The van der Waals surface area contributed by atoms with Gasteiger partial charge < -0.3 is 10.1 Å². The van der Waals surface area contributed by atoms with Gasteiger partial charge in [-0.1, -0.05) is 23.7 Å². The fourth-order valence-electron chi connectivity index (χ4n) is 2.06. The molecule has 0 atom stereocenters. The van der Waals surface area contributed by atoms with Crippen molar-refractivity contribution in [3.8, 4) is 0 Å². The van der Waals surface area contributed by atoms with E-state index in [0.29, 0.717) is 22.8 Å². The van der Waals surface area contributed by atoms with Gasteiger partial charge in [-0.15, -0.1) is 0 Å². The highest BCUT2D eigenvalue weighted by atomic mass is 35.5. The van der Waals surface area contributed by atoms with Crippen LogP contribution in [0.1, 0.15) is 36.7 Å². The van der Waals surface area contributed by atoms with Gasteiger partial charge in [0.25, 0.3) is 5.91 Å². The van der Waals surface area contributed by atoms with Gasteiger partial charge in [0.15, 0.2) is 0 Å². The van der Waals surface area contributed by atoms with Crippen molar-refractivity contribution in [2.45, 2.75) is 32.9 Å². The van der Waals surface area contributed by atoms with Crippen molar-refractivity contribution in [3.05, 3.63) is 64.7 Å². The van der Waals surface area contributed by atoms with Gasteiger partial charge in [-0.05, 0) is 62.7 Å². The summed E-state index contributed by atoms with van der Waals surface area (Å²) in [4.78, 5) is 23.9. The monoisotopic (exact) mass is 360 g/mol. The van der Waals surface area contributed by atoms with Gasteiger partial charge >= 0.3 is 6.09 Å². The zero-order valence-corrected chi connectivity index (χ0v) is 15.2. The maximum atomic E-state index is 12.2. The number of nitrogens with one attached hydrogen (secondary N) is 2. The Morgan fingerprint density at radius 2 is 1.76 bits per heavy atom. The molecule has 0 saturated carbocycles. The zero-order valence-electron chi connectivity index (χ0n) is 14.4. The predicted molar refractivity (Wildman–Crippen MR) is 98.9 cm³/mol. The molecule has 5 nitrogen and oxygen atoms in total. The SMILES string of the molecule is CC(C)(C)OC(=O)Nc1ccc(C(=O)NCc2cccc(Cl)c2)cc1. The van der Waals surface area contributed by atoms with Crippen molar-refractivity contribution in [1.82, 2.24) is 5.32 Å². The lowest BCUT2D eigenvalue weighted by molar-refractivity contribution is 0.0635. The maximum absolute atomic E-state index is 12.2. The minimum atomic E-state index is -0.565. The lowest BCUT2D eigenvalue weighted by atomic mass is 10.1. The van der Waals surface area contributed by atoms with Crippen LogP contribution < -0.4 is 10.6 Å². The molecule has 0 aliphatic carbocycles. The van der Waals surface area contributed by atoms with Crippen LogP contribution in [0.25, 0.3) is 0 Å². The minimum Gasteiger partial charge on any atom is -0.444 e. The number of carbonyl (C=O) groups excluding carboxylic acids is 2. The van der Waals surface area contributed by atoms with E-state index >= 15 is 0 Å². The van der Waals surface area contributed by atoms with Crippen molar-refractivity contribution < 1.29 is 14.3 Å². The van der Waals surface area contributed by atoms with Gasteiger partial charge in [0.05, 0.1) is 0 Å². The molecule has 0 spiro atoms. The van der Waals surface area contributed by atoms with Crippen LogP contribution in [0.15, 0.2) is 48.5 Å². The molecule has 2 N–H and O–H groups in total. The molecular weight excluding hydrogens is 340 g/mol. The van der Waals surface area contributed by atoms with Crippen LogP contribution in [-0.4, -0.2) is 17.6 Å². The summed E-state index contributed by atoms with van der Waals surface area (Å²) < 4.78 is 5.18. The lowest BCUT2D eigenvalue weighted by Gasteiger charge is -2.19. The summed E-state index contributed by atoms with van der Waals surface area (Å²) >= 11 is 5.92. The van der Waals surface area contributed by atoms with E-state index in [4.69, 9.17) is 16.3 Å². The maximum Gasteiger partial charge on any atom is 0.412 e. The van der Waals surface area contributed by atoms with Gasteiger partial charge in [-0.3, -0.25) is 10.1 Å². The smallest absolute Gasteiger partial charge is 0.412 e. The number of benzene rings is 2. The van der Waals surface area contributed by atoms with E-state index in [1.807, 2.05) is 12.1 Å². The van der Waals surface area contributed by atoms with Gasteiger partial charge in [0.1, 0.15) is 5.60 Å². The van der Waals surface area contributed by atoms with Crippen molar-refractivity contribution in [1.29, 1.82) is 0 Å². The highest BCUT2D eigenvalue weighted by Crippen LogP contribution is 2.14. The van der Waals surface area contributed by atoms with Crippen LogP contribution in [0.3, 0.4) is 0 Å². The molecule has 2 amide bonds. The molecule has 0 aromatic heterocycles. The van der Waals surface area contributed by atoms with Crippen LogP contribution in [0.2, 0.25) is 5.02 Å². The topological polar surface area (TPSA) is 67.4 Å². The van der Waals surface area contributed by atoms with E-state index in [9.17, 15) is 9.59 Å². The third-order valence-electron chi connectivity index (χ3n) is 3.13. The van der Waals surface area contributed by atoms with Gasteiger partial charge in [0.2, 0.25) is 0 Å². The number of hydrogen-bond acceptors (Lipinski definition) is 3. The van der Waals surface area contributed by atoms with E-state index in [1.54, 1.807) is 57.2 Å². The van der Waals surface area contributed by atoms with E-state index in [2.05, 4.69) is 10.6 Å². The standard InChI is InChI=1S/C19H21ClN2O3/c1-19(2,3)25-18(24)22-16-9-7-14(8-10-16)17(23)21-12-13-5-4-6-15(20)11-13/h4-11H,12H2,1-3H3,(H,21,23)(H,22,24). The van der Waals surface area contributed by atoms with Gasteiger partial charge in [0, 0.05) is 22.8 Å². The average molecular weight is 361 g/mol. The fraction of sp³-hybridized carbons (Fsp3) is 0.263. The molecule has 0 unspecified atom stereocenters. The van der Waals surface area contributed by atoms with E-state index in [-0.39, 0.29) is 5.91 Å². The Morgan fingerprint density at radius 1 is 1.08 bits per heavy atom. The number of anilines is 1. The van der Waals surface area contributed by atoms with Crippen molar-refractivity contribution in [3.63, 3.8) is 0 Å². The molecule has 2 aromatic rings. The van der Waals surface area contributed by atoms with Crippen LogP contribution in [0.4, 0.5) is 10.5 Å². The molecule has 2 rings (SSSR count). The number of ether oxygens (including phenoxy) is 1. The predicted octanol–water partition coefficient (Wildman–Crippen LogP) is 4.62. The first kappa shape index (κ1) is 18.8. The Balaban J connectivity index is 1.90. The molecule has 0 heterocycles. The molecule has 6 heteroatoms. The summed E-state index contributed by atoms with van der Waals surface area (Å²) in [5, 5.41) is 6.07. The quantitative estimate of drug-likeness (QED) is 0.836. The van der Waals surface area contributed by atoms with Gasteiger partial charge in [-0.25, -0.2) is 4.79 Å². The second-order valence-corrected chi connectivity index (χ2v) is 6.95. The van der Waals surface area contributed by atoms with Crippen LogP contribution in [-0.2, 0) is 11.3 Å². The molecule has 0 fully saturated rings. The molecule has 0 radical (unpaired) electrons. The van der Waals surface area contributed by atoms with Crippen molar-refractivity contribution >= 4 is 29.3 Å². The summed E-state index contributed by atoms with van der Waals surface area (Å²) in [6.45, 7) is 5.76. The van der Waals surface area contributed by atoms with Gasteiger partial charge in [-0.2, -0.15) is 0 Å². The third kappa shape index (κ3) is 6.47. The summed E-state index contributed by atoms with van der Waals surface area (Å²) in [6.07, 6.45) is -0.536. The highest BCUT2D eigenvalue weighted by Gasteiger charge is 2.16. The second-order valence-electron chi connectivity index (χ2n) is 6.52. The normalized spacial score (nSPS) is 10.9. The van der Waals surface area contributed by atoms with E-state index in [1.165, 1.54) is 0 Å². The highest BCUT2D eigenvalue weighted by molar-refractivity contribution is 6.30. The first-order chi connectivity index (χ1) is 11.7. The Labute approximate surface area is 152 Å². The summed E-state index contributed by atoms with van der Waals surface area (Å²) in [5.41, 5.74) is 1.41. The molecule has 2 aromatic carbocycles. The number of hydrogen-bond donors (Lipinski definition) is 2. The molecule has 25 heavy (non-hydrogen) atoms. The van der Waals surface area contributed by atoms with E-state index < -0.39 is 11.7 Å². The van der Waals surface area contributed by atoms with Crippen LogP contribution >= 0.6 is 11.6 Å². The first-order valence-corrected chi connectivity index (χ1v) is 8.23. The number of carbonyl (C=O) groups is 2. The number of amides is 2. The Hall–Kier alpha value is -2.53. The molecule has 132 valence electrons. The molecule has 0 saturated heterocycles. The first-order valence-electron chi connectivity index (χ1n) is 7.86. The zero-order chi connectivity index (χ0) is 18.4. The Morgan fingerprint density at radius 3 is 2.36 bits per heavy atom. The summed E-state index contributed by atoms with van der Waals surface area (Å²) in [5.74, 6) is -0.205. The number of halogens is 1. The average Bonchev–Trinajstić information content (AvgIpc) is 2.51. The second kappa shape index (κ2) is 8.03. The fourth-order valence-corrected chi connectivity index (χ4v) is 2.27. The minimum absolute atomic E-state index is 0.205. The molecule has 0 aliphatic rings. The number of rotatable bonds is 4. The molecule has 0 bridgehead atoms. The van der Waals surface area contributed by atoms with Crippen LogP contribution in [0.5, 0.6) is 0 Å². The van der Waals surface area contributed by atoms with Crippen molar-refractivity contribution in [2.24, 2.45) is 0 Å². The van der Waals surface area contributed by atoms with Crippen LogP contribution in [0, 0.1) is 0 Å². The Kier molecular flexibility index (Phi) is 6.04. The molecular formula is C19H21ClN2O3.